The van der Waals surface area contributed by atoms with Crippen molar-refractivity contribution in [1.82, 2.24) is 4.31 Å². The van der Waals surface area contributed by atoms with E-state index in [4.69, 9.17) is 10.5 Å². The summed E-state index contributed by atoms with van der Waals surface area (Å²) in [6.45, 7) is 2.42. The highest BCUT2D eigenvalue weighted by Crippen LogP contribution is 2.27. The molecule has 1 aliphatic heterocycles. The number of rotatable bonds is 7. The van der Waals surface area contributed by atoms with E-state index in [9.17, 15) is 18.0 Å². The van der Waals surface area contributed by atoms with E-state index in [2.05, 4.69) is 5.32 Å². The molecule has 1 atom stereocenters. The van der Waals surface area contributed by atoms with Crippen molar-refractivity contribution in [3.63, 3.8) is 0 Å². The number of primary amides is 1. The molecule has 1 aliphatic rings. The molecule has 2 amide bonds. The van der Waals surface area contributed by atoms with Crippen LogP contribution in [0, 0.1) is 0 Å². The number of carbonyl (C=O) groups excluding carboxylic acids is 2. The molecule has 3 rings (SSSR count). The van der Waals surface area contributed by atoms with E-state index in [-0.39, 0.29) is 16.2 Å². The van der Waals surface area contributed by atoms with Crippen molar-refractivity contribution in [2.24, 2.45) is 5.73 Å². The molecule has 0 radical (unpaired) electrons. The van der Waals surface area contributed by atoms with Gasteiger partial charge >= 0.3 is 0 Å². The second-order valence-corrected chi connectivity index (χ2v) is 8.69. The van der Waals surface area contributed by atoms with Crippen molar-refractivity contribution in [3.8, 4) is 5.75 Å². The van der Waals surface area contributed by atoms with Crippen LogP contribution in [0.5, 0.6) is 5.75 Å². The third-order valence-electron chi connectivity index (χ3n) is 4.63. The number of hydrogen-bond acceptors (Lipinski definition) is 5. The van der Waals surface area contributed by atoms with E-state index in [0.29, 0.717) is 18.8 Å². The van der Waals surface area contributed by atoms with Crippen molar-refractivity contribution in [2.45, 2.75) is 30.8 Å². The summed E-state index contributed by atoms with van der Waals surface area (Å²) in [6, 6.07) is 12.8. The predicted octanol–water partition coefficient (Wildman–Crippen LogP) is 1.98. The number of hydrogen-bond donors (Lipinski definition) is 2. The molecular weight excluding hydrogens is 394 g/mol. The maximum Gasteiger partial charge on any atom is 0.265 e. The molecule has 0 saturated carbocycles. The molecule has 0 spiro atoms. The number of ether oxygens (including phenoxy) is 1. The summed E-state index contributed by atoms with van der Waals surface area (Å²) < 4.78 is 32.4. The third kappa shape index (κ3) is 4.75. The van der Waals surface area contributed by atoms with Gasteiger partial charge in [-0.2, -0.15) is 4.31 Å². The normalized spacial score (nSPS) is 15.6. The number of amides is 2. The number of anilines is 1. The molecule has 0 aliphatic carbocycles. The van der Waals surface area contributed by atoms with Gasteiger partial charge in [0.25, 0.3) is 11.8 Å². The van der Waals surface area contributed by atoms with Gasteiger partial charge in [0.15, 0.2) is 6.10 Å². The number of nitrogens with one attached hydrogen (secondary N) is 1. The first-order valence-electron chi connectivity index (χ1n) is 9.25. The lowest BCUT2D eigenvalue weighted by Crippen LogP contribution is -2.31. The molecule has 154 valence electrons. The molecule has 2 aromatic carbocycles. The predicted molar refractivity (Wildman–Crippen MR) is 108 cm³/mol. The molecule has 9 heteroatoms. The van der Waals surface area contributed by atoms with E-state index in [0.717, 1.165) is 12.8 Å². The van der Waals surface area contributed by atoms with Crippen LogP contribution in [0.3, 0.4) is 0 Å². The smallest absolute Gasteiger partial charge is 0.265 e. The first-order valence-corrected chi connectivity index (χ1v) is 10.7. The van der Waals surface area contributed by atoms with Crippen molar-refractivity contribution < 1.29 is 22.7 Å². The molecule has 0 unspecified atom stereocenters. The molecule has 8 nitrogen and oxygen atoms in total. The zero-order valence-corrected chi connectivity index (χ0v) is 16.8. The van der Waals surface area contributed by atoms with E-state index in [1.807, 2.05) is 6.07 Å². The SMILES string of the molecule is C[C@H](Oc1ccc(S(=O)(=O)N2CCCC2)cc1C(N)=O)C(=O)Nc1ccccc1. The summed E-state index contributed by atoms with van der Waals surface area (Å²) in [5, 5.41) is 2.70. The first-order chi connectivity index (χ1) is 13.8. The molecule has 1 fully saturated rings. The van der Waals surface area contributed by atoms with Crippen LogP contribution in [0.25, 0.3) is 0 Å². The van der Waals surface area contributed by atoms with E-state index in [1.165, 1.54) is 29.4 Å². The summed E-state index contributed by atoms with van der Waals surface area (Å²) in [5.74, 6) is -1.21. The summed E-state index contributed by atoms with van der Waals surface area (Å²) in [4.78, 5) is 24.2. The minimum Gasteiger partial charge on any atom is -0.480 e. The van der Waals surface area contributed by atoms with Crippen LogP contribution in [-0.4, -0.2) is 43.7 Å². The van der Waals surface area contributed by atoms with Crippen molar-refractivity contribution in [1.29, 1.82) is 0 Å². The van der Waals surface area contributed by atoms with Crippen LogP contribution in [0.2, 0.25) is 0 Å². The lowest BCUT2D eigenvalue weighted by Gasteiger charge is -2.19. The average Bonchev–Trinajstić information content (AvgIpc) is 3.24. The van der Waals surface area contributed by atoms with Crippen molar-refractivity contribution >= 4 is 27.5 Å². The van der Waals surface area contributed by atoms with Gasteiger partial charge < -0.3 is 15.8 Å². The minimum atomic E-state index is -3.71. The number of carbonyl (C=O) groups is 2. The van der Waals surface area contributed by atoms with Crippen LogP contribution >= 0.6 is 0 Å². The van der Waals surface area contributed by atoms with E-state index < -0.39 is 27.9 Å². The Morgan fingerprint density at radius 3 is 2.38 bits per heavy atom. The Labute approximate surface area is 169 Å². The molecule has 2 aromatic rings. The highest BCUT2D eigenvalue weighted by atomic mass is 32.2. The Morgan fingerprint density at radius 1 is 1.10 bits per heavy atom. The van der Waals surface area contributed by atoms with E-state index in [1.54, 1.807) is 24.3 Å². The molecule has 3 N–H and O–H groups in total. The fourth-order valence-corrected chi connectivity index (χ4v) is 4.60. The van der Waals surface area contributed by atoms with E-state index >= 15 is 0 Å². The lowest BCUT2D eigenvalue weighted by molar-refractivity contribution is -0.122. The highest BCUT2D eigenvalue weighted by Gasteiger charge is 2.29. The second kappa shape index (κ2) is 8.62. The van der Waals surface area contributed by atoms with Crippen molar-refractivity contribution in [3.05, 3.63) is 54.1 Å². The Balaban J connectivity index is 1.80. The Kier molecular flexibility index (Phi) is 6.19. The minimum absolute atomic E-state index is 0.0260. The molecule has 0 bridgehead atoms. The Hall–Kier alpha value is -2.91. The van der Waals surface area contributed by atoms with Gasteiger partial charge in [0.1, 0.15) is 5.75 Å². The average molecular weight is 417 g/mol. The summed E-state index contributed by atoms with van der Waals surface area (Å²) >= 11 is 0. The maximum absolute atomic E-state index is 12.7. The van der Waals surface area contributed by atoms with Gasteiger partial charge in [0.05, 0.1) is 10.5 Å². The number of para-hydroxylation sites is 1. The molecule has 1 saturated heterocycles. The molecule has 1 heterocycles. The van der Waals surface area contributed by atoms with Crippen molar-refractivity contribution in [2.75, 3.05) is 18.4 Å². The highest BCUT2D eigenvalue weighted by molar-refractivity contribution is 7.89. The fraction of sp³-hybridized carbons (Fsp3) is 0.300. The van der Waals surface area contributed by atoms with Crippen LogP contribution in [0.1, 0.15) is 30.1 Å². The molecule has 0 aromatic heterocycles. The second-order valence-electron chi connectivity index (χ2n) is 6.75. The Morgan fingerprint density at radius 2 is 1.76 bits per heavy atom. The fourth-order valence-electron chi connectivity index (χ4n) is 3.05. The molecular formula is C20H23N3O5S. The zero-order valence-electron chi connectivity index (χ0n) is 16.0. The third-order valence-corrected chi connectivity index (χ3v) is 6.53. The zero-order chi connectivity index (χ0) is 21.0. The largest absolute Gasteiger partial charge is 0.480 e. The van der Waals surface area contributed by atoms with Gasteiger partial charge in [-0.05, 0) is 50.1 Å². The summed E-state index contributed by atoms with van der Waals surface area (Å²) in [5.41, 5.74) is 5.94. The topological polar surface area (TPSA) is 119 Å². The van der Waals surface area contributed by atoms with Crippen LogP contribution in [-0.2, 0) is 14.8 Å². The number of benzene rings is 2. The first kappa shape index (κ1) is 20.8. The van der Waals surface area contributed by atoms with Gasteiger partial charge in [-0.15, -0.1) is 0 Å². The Bertz CT molecular complexity index is 1000. The number of nitrogens with two attached hydrogens (primary N) is 1. The van der Waals surface area contributed by atoms with Gasteiger partial charge in [-0.3, -0.25) is 9.59 Å². The van der Waals surface area contributed by atoms with Crippen LogP contribution < -0.4 is 15.8 Å². The lowest BCUT2D eigenvalue weighted by atomic mass is 10.2. The van der Waals surface area contributed by atoms with Crippen LogP contribution in [0.4, 0.5) is 5.69 Å². The standard InChI is InChI=1S/C20H23N3O5S/c1-14(20(25)22-15-7-3-2-4-8-15)28-18-10-9-16(13-17(18)19(21)24)29(26,27)23-11-5-6-12-23/h2-4,7-10,13-14H,5-6,11-12H2,1H3,(H2,21,24)(H,22,25)/t14-/m0/s1. The maximum atomic E-state index is 12.7. The van der Waals surface area contributed by atoms with Crippen LogP contribution in [0.15, 0.2) is 53.4 Å². The monoisotopic (exact) mass is 417 g/mol. The van der Waals surface area contributed by atoms with Gasteiger partial charge in [0, 0.05) is 18.8 Å². The number of nitrogens with zero attached hydrogens (tertiary/aromatic N) is 1. The number of sulfonamides is 1. The summed E-state index contributed by atoms with van der Waals surface area (Å²) in [7, 11) is -3.71. The van der Waals surface area contributed by atoms with Gasteiger partial charge in [-0.1, -0.05) is 18.2 Å². The van der Waals surface area contributed by atoms with Gasteiger partial charge in [-0.25, -0.2) is 8.42 Å². The summed E-state index contributed by atoms with van der Waals surface area (Å²) in [6.07, 6.45) is 0.670. The quantitative estimate of drug-likeness (QED) is 0.714. The molecule has 29 heavy (non-hydrogen) atoms. The van der Waals surface area contributed by atoms with Gasteiger partial charge in [0.2, 0.25) is 10.0 Å².